The highest BCUT2D eigenvalue weighted by molar-refractivity contribution is 5.94. The topological polar surface area (TPSA) is 75.1 Å². The Morgan fingerprint density at radius 3 is 2.56 bits per heavy atom. The number of methoxy groups -OCH3 is 2. The molecule has 1 aromatic carbocycles. The van der Waals surface area contributed by atoms with Gasteiger partial charge in [0, 0.05) is 25.0 Å². The molecule has 0 aliphatic carbocycles. The van der Waals surface area contributed by atoms with Crippen LogP contribution in [0.15, 0.2) is 18.2 Å². The van der Waals surface area contributed by atoms with Gasteiger partial charge in [0.15, 0.2) is 0 Å². The van der Waals surface area contributed by atoms with E-state index >= 15 is 0 Å². The molecule has 1 N–H and O–H groups in total. The second-order valence-corrected chi connectivity index (χ2v) is 6.27. The fourth-order valence-corrected chi connectivity index (χ4v) is 3.30. The monoisotopic (exact) mass is 345 g/mol. The van der Waals surface area contributed by atoms with Gasteiger partial charge in [0.05, 0.1) is 14.2 Å². The average molecular weight is 345 g/mol. The van der Waals surface area contributed by atoms with E-state index in [1.165, 1.54) is 0 Å². The van der Waals surface area contributed by atoms with Crippen molar-refractivity contribution >= 4 is 22.7 Å². The van der Waals surface area contributed by atoms with Crippen molar-refractivity contribution in [1.29, 1.82) is 0 Å². The highest BCUT2D eigenvalue weighted by Gasteiger charge is 2.30. The number of aromatic nitrogens is 1. The van der Waals surface area contributed by atoms with Gasteiger partial charge in [0.2, 0.25) is 0 Å². The van der Waals surface area contributed by atoms with Crippen LogP contribution in [0.1, 0.15) is 5.56 Å². The quantitative estimate of drug-likeness (QED) is 0.905. The molecule has 1 fully saturated rings. The molecule has 0 amide bonds. The fraction of sp³-hybridized carbons (Fsp3) is 0.444. The van der Waals surface area contributed by atoms with E-state index in [2.05, 4.69) is 0 Å². The lowest BCUT2D eigenvalue weighted by atomic mass is 10.1. The summed E-state index contributed by atoms with van der Waals surface area (Å²) in [5.41, 5.74) is 1.74. The number of aliphatic carboxylic acids is 1. The Balaban J connectivity index is 2.07. The lowest BCUT2D eigenvalue weighted by molar-refractivity contribution is -0.142. The number of carbonyl (C=O) groups is 1. The smallest absolute Gasteiger partial charge is 0.322 e. The fourth-order valence-electron chi connectivity index (χ4n) is 3.30. The van der Waals surface area contributed by atoms with E-state index in [0.717, 1.165) is 34.6 Å². The predicted octanol–water partition coefficient (Wildman–Crippen LogP) is 1.77. The predicted molar refractivity (Wildman–Crippen MR) is 95.9 cm³/mol. The molecule has 3 rings (SSSR count). The molecule has 134 valence electrons. The summed E-state index contributed by atoms with van der Waals surface area (Å²) in [6.45, 7) is 3.80. The number of hydrogen-bond acceptors (Lipinski definition) is 6. The lowest BCUT2D eigenvalue weighted by Gasteiger charge is -2.38. The first kappa shape index (κ1) is 17.3. The van der Waals surface area contributed by atoms with Gasteiger partial charge in [0.25, 0.3) is 0 Å². The summed E-state index contributed by atoms with van der Waals surface area (Å²) < 4.78 is 10.9. The largest absolute Gasteiger partial charge is 0.496 e. The first-order valence-corrected chi connectivity index (χ1v) is 8.16. The molecule has 1 aromatic heterocycles. The van der Waals surface area contributed by atoms with Gasteiger partial charge in [-0.3, -0.25) is 9.69 Å². The summed E-state index contributed by atoms with van der Waals surface area (Å²) in [5.74, 6) is 1.36. The summed E-state index contributed by atoms with van der Waals surface area (Å²) in [7, 11) is 5.08. The Hall–Kier alpha value is -2.54. The molecule has 0 spiro atoms. The van der Waals surface area contributed by atoms with Crippen LogP contribution in [-0.4, -0.2) is 67.9 Å². The highest BCUT2D eigenvalue weighted by Crippen LogP contribution is 2.36. The summed E-state index contributed by atoms with van der Waals surface area (Å²) in [6.07, 6.45) is 0. The van der Waals surface area contributed by atoms with E-state index in [-0.39, 0.29) is 0 Å². The zero-order chi connectivity index (χ0) is 18.1. The Morgan fingerprint density at radius 1 is 1.24 bits per heavy atom. The molecule has 2 heterocycles. The van der Waals surface area contributed by atoms with Gasteiger partial charge in [-0.25, -0.2) is 4.98 Å². The number of anilines is 1. The third-order valence-corrected chi connectivity index (χ3v) is 4.77. The van der Waals surface area contributed by atoms with Crippen molar-refractivity contribution in [2.24, 2.45) is 0 Å². The third kappa shape index (κ3) is 3.07. The van der Waals surface area contributed by atoms with Crippen molar-refractivity contribution < 1.29 is 19.4 Å². The van der Waals surface area contributed by atoms with Crippen LogP contribution in [0, 0.1) is 6.92 Å². The van der Waals surface area contributed by atoms with Gasteiger partial charge in [0.1, 0.15) is 28.9 Å². The molecular weight excluding hydrogens is 322 g/mol. The number of carboxylic acid groups (broad SMARTS) is 1. The molecule has 7 heteroatoms. The molecular formula is C18H23N3O4. The number of aryl methyl sites for hydroxylation is 1. The van der Waals surface area contributed by atoms with Crippen LogP contribution in [0.5, 0.6) is 11.5 Å². The lowest BCUT2D eigenvalue weighted by Crippen LogP contribution is -2.55. The average Bonchev–Trinajstić information content (AvgIpc) is 2.60. The molecule has 0 saturated carbocycles. The van der Waals surface area contributed by atoms with Crippen molar-refractivity contribution in [3.63, 3.8) is 0 Å². The molecule has 25 heavy (non-hydrogen) atoms. The number of rotatable bonds is 4. The SMILES string of the molecule is COc1ccc(OC)c2c(C)cc(N3CCN(C)[C@H](C(=O)O)C3)nc12. The third-order valence-electron chi connectivity index (χ3n) is 4.77. The van der Waals surface area contributed by atoms with Crippen molar-refractivity contribution in [2.45, 2.75) is 13.0 Å². The number of pyridine rings is 1. The van der Waals surface area contributed by atoms with Gasteiger partial charge in [-0.15, -0.1) is 0 Å². The van der Waals surface area contributed by atoms with E-state index in [0.29, 0.717) is 18.8 Å². The Labute approximate surface area is 146 Å². The van der Waals surface area contributed by atoms with Crippen LogP contribution in [0.25, 0.3) is 10.9 Å². The minimum atomic E-state index is -0.816. The van der Waals surface area contributed by atoms with Gasteiger partial charge in [-0.1, -0.05) is 0 Å². The Bertz CT molecular complexity index is 808. The zero-order valence-electron chi connectivity index (χ0n) is 14.9. The molecule has 1 aliphatic rings. The molecule has 1 aliphatic heterocycles. The van der Waals surface area contributed by atoms with Crippen molar-refractivity contribution in [1.82, 2.24) is 9.88 Å². The summed E-state index contributed by atoms with van der Waals surface area (Å²) >= 11 is 0. The molecule has 7 nitrogen and oxygen atoms in total. The van der Waals surface area contributed by atoms with Crippen LogP contribution in [0.3, 0.4) is 0 Å². The van der Waals surface area contributed by atoms with E-state index in [1.54, 1.807) is 14.2 Å². The van der Waals surface area contributed by atoms with Crippen molar-refractivity contribution in [2.75, 3.05) is 45.8 Å². The number of ether oxygens (including phenoxy) is 2. The van der Waals surface area contributed by atoms with Crippen LogP contribution in [-0.2, 0) is 4.79 Å². The number of benzene rings is 1. The second kappa shape index (κ2) is 6.76. The first-order valence-electron chi connectivity index (χ1n) is 8.16. The number of hydrogen-bond donors (Lipinski definition) is 1. The molecule has 1 saturated heterocycles. The van der Waals surface area contributed by atoms with Crippen LogP contribution in [0.4, 0.5) is 5.82 Å². The Kier molecular flexibility index (Phi) is 4.67. The van der Waals surface area contributed by atoms with Gasteiger partial charge in [-0.05, 0) is 37.7 Å². The minimum absolute atomic E-state index is 0.399. The van der Waals surface area contributed by atoms with E-state index < -0.39 is 12.0 Å². The number of fused-ring (bicyclic) bond motifs is 1. The second-order valence-electron chi connectivity index (χ2n) is 6.27. The van der Waals surface area contributed by atoms with Gasteiger partial charge in [-0.2, -0.15) is 0 Å². The molecule has 1 atom stereocenters. The van der Waals surface area contributed by atoms with E-state index in [1.807, 2.05) is 42.0 Å². The maximum Gasteiger partial charge on any atom is 0.322 e. The molecule has 0 bridgehead atoms. The number of piperazine rings is 1. The number of nitrogens with zero attached hydrogens (tertiary/aromatic N) is 3. The summed E-state index contributed by atoms with van der Waals surface area (Å²) in [6, 6.07) is 5.14. The van der Waals surface area contributed by atoms with Crippen molar-refractivity contribution in [3.05, 3.63) is 23.8 Å². The molecule has 2 aromatic rings. The maximum absolute atomic E-state index is 11.5. The van der Waals surface area contributed by atoms with E-state index in [9.17, 15) is 9.90 Å². The van der Waals surface area contributed by atoms with Crippen LogP contribution >= 0.6 is 0 Å². The van der Waals surface area contributed by atoms with Gasteiger partial charge >= 0.3 is 5.97 Å². The van der Waals surface area contributed by atoms with Crippen molar-refractivity contribution in [3.8, 4) is 11.5 Å². The first-order chi connectivity index (χ1) is 12.0. The molecule has 0 unspecified atom stereocenters. The normalized spacial score (nSPS) is 18.4. The maximum atomic E-state index is 11.5. The standard InChI is InChI=1S/C18H23N3O4/c1-11-9-15(21-8-7-20(2)12(10-21)18(22)23)19-17-14(25-4)6-5-13(24-3)16(11)17/h5-6,9,12H,7-8,10H2,1-4H3,(H,22,23)/t12-/m0/s1. The van der Waals surface area contributed by atoms with Gasteiger partial charge < -0.3 is 19.5 Å². The molecule has 0 radical (unpaired) electrons. The van der Waals surface area contributed by atoms with Crippen LogP contribution in [0.2, 0.25) is 0 Å². The summed E-state index contributed by atoms with van der Waals surface area (Å²) in [5, 5.41) is 10.3. The van der Waals surface area contributed by atoms with E-state index in [4.69, 9.17) is 14.5 Å². The zero-order valence-corrected chi connectivity index (χ0v) is 14.9. The van der Waals surface area contributed by atoms with Crippen LogP contribution < -0.4 is 14.4 Å². The summed E-state index contributed by atoms with van der Waals surface area (Å²) in [4.78, 5) is 20.1. The number of carboxylic acids is 1. The highest BCUT2D eigenvalue weighted by atomic mass is 16.5. The Morgan fingerprint density at radius 2 is 1.92 bits per heavy atom. The number of likely N-dealkylation sites (N-methyl/N-ethyl adjacent to an activating group) is 1. The minimum Gasteiger partial charge on any atom is -0.496 e.